The lowest BCUT2D eigenvalue weighted by Crippen LogP contribution is -2.16. The van der Waals surface area contributed by atoms with Gasteiger partial charge in [-0.3, -0.25) is 14.9 Å². The molecule has 0 atom stereocenters. The number of hydrogen-bond donors (Lipinski definition) is 1. The summed E-state index contributed by atoms with van der Waals surface area (Å²) >= 11 is 0. The molecule has 0 radical (unpaired) electrons. The van der Waals surface area contributed by atoms with Crippen LogP contribution in [0.4, 0.5) is 20.2 Å². The van der Waals surface area contributed by atoms with E-state index < -0.39 is 28.4 Å². The van der Waals surface area contributed by atoms with Gasteiger partial charge in [-0.15, -0.1) is 0 Å². The van der Waals surface area contributed by atoms with Crippen LogP contribution in [0.15, 0.2) is 30.3 Å². The van der Waals surface area contributed by atoms with Crippen molar-refractivity contribution in [3.8, 4) is 0 Å². The Kier molecular flexibility index (Phi) is 3.88. The van der Waals surface area contributed by atoms with Gasteiger partial charge >= 0.3 is 0 Å². The van der Waals surface area contributed by atoms with Crippen molar-refractivity contribution >= 4 is 17.3 Å². The molecule has 1 aromatic carbocycles. The molecule has 2 rings (SSSR count). The molecular formula is C13H9F2N3O3. The fraction of sp³-hybridized carbons (Fsp3) is 0.0769. The molecular weight excluding hydrogens is 284 g/mol. The Morgan fingerprint density at radius 1 is 1.29 bits per heavy atom. The van der Waals surface area contributed by atoms with Crippen LogP contribution in [0, 0.1) is 28.9 Å². The maximum atomic E-state index is 13.4. The van der Waals surface area contributed by atoms with Crippen molar-refractivity contribution in [2.24, 2.45) is 0 Å². The van der Waals surface area contributed by atoms with Gasteiger partial charge in [0.25, 0.3) is 11.6 Å². The number of aromatic nitrogens is 1. The highest BCUT2D eigenvalue weighted by molar-refractivity contribution is 6.08. The van der Waals surface area contributed by atoms with Gasteiger partial charge in [-0.05, 0) is 24.6 Å². The van der Waals surface area contributed by atoms with Gasteiger partial charge in [-0.2, -0.15) is 13.8 Å². The summed E-state index contributed by atoms with van der Waals surface area (Å²) in [5.41, 5.74) is -0.592. The molecule has 2 aromatic rings. The van der Waals surface area contributed by atoms with E-state index in [1.54, 1.807) is 0 Å². The van der Waals surface area contributed by atoms with E-state index in [1.165, 1.54) is 25.1 Å². The third-order valence-electron chi connectivity index (χ3n) is 2.74. The molecule has 8 heteroatoms. The highest BCUT2D eigenvalue weighted by Crippen LogP contribution is 2.23. The molecule has 21 heavy (non-hydrogen) atoms. The van der Waals surface area contributed by atoms with Crippen LogP contribution in [0.2, 0.25) is 0 Å². The molecule has 0 aliphatic heterocycles. The van der Waals surface area contributed by atoms with Crippen LogP contribution in [-0.4, -0.2) is 15.8 Å². The first-order valence-electron chi connectivity index (χ1n) is 5.77. The van der Waals surface area contributed by atoms with Crippen molar-refractivity contribution in [3.05, 3.63) is 63.5 Å². The predicted molar refractivity (Wildman–Crippen MR) is 69.9 cm³/mol. The molecule has 0 aliphatic carbocycles. The Balaban J connectivity index is 2.39. The van der Waals surface area contributed by atoms with E-state index in [-0.39, 0.29) is 11.3 Å². The molecule has 1 N–H and O–H groups in total. The zero-order chi connectivity index (χ0) is 15.6. The largest absolute Gasteiger partial charge is 0.318 e. The van der Waals surface area contributed by atoms with E-state index in [2.05, 4.69) is 10.3 Å². The number of anilines is 1. The molecule has 0 spiro atoms. The lowest BCUT2D eigenvalue weighted by molar-refractivity contribution is -0.385. The van der Waals surface area contributed by atoms with Crippen molar-refractivity contribution < 1.29 is 18.5 Å². The highest BCUT2D eigenvalue weighted by atomic mass is 19.1. The number of rotatable bonds is 3. The summed E-state index contributed by atoms with van der Waals surface area (Å²) in [5.74, 6) is -3.11. The fourth-order valence-electron chi connectivity index (χ4n) is 1.79. The molecule has 0 saturated heterocycles. The van der Waals surface area contributed by atoms with Gasteiger partial charge in [0, 0.05) is 6.07 Å². The quantitative estimate of drug-likeness (QED) is 0.535. The number of carbonyl (C=O) groups is 1. The number of pyridine rings is 1. The lowest BCUT2D eigenvalue weighted by atomic mass is 10.1. The molecule has 6 nitrogen and oxygen atoms in total. The number of hydrogen-bond acceptors (Lipinski definition) is 4. The summed E-state index contributed by atoms with van der Waals surface area (Å²) in [4.78, 5) is 25.2. The summed E-state index contributed by atoms with van der Waals surface area (Å²) in [7, 11) is 0. The molecule has 0 bridgehead atoms. The summed E-state index contributed by atoms with van der Waals surface area (Å²) in [6.07, 6.45) is 0. The van der Waals surface area contributed by atoms with Crippen LogP contribution in [0.1, 0.15) is 15.9 Å². The van der Waals surface area contributed by atoms with Gasteiger partial charge in [0.05, 0.1) is 10.6 Å². The molecule has 1 amide bonds. The minimum absolute atomic E-state index is 0.189. The van der Waals surface area contributed by atoms with Crippen LogP contribution in [0.5, 0.6) is 0 Å². The number of nitro groups is 1. The molecule has 108 valence electrons. The van der Waals surface area contributed by atoms with Gasteiger partial charge in [0.1, 0.15) is 5.56 Å². The number of nitrogens with one attached hydrogen (secondary N) is 1. The monoisotopic (exact) mass is 293 g/mol. The van der Waals surface area contributed by atoms with E-state index in [0.29, 0.717) is 5.56 Å². The molecule has 1 heterocycles. The van der Waals surface area contributed by atoms with Gasteiger partial charge in [-0.25, -0.2) is 0 Å². The van der Waals surface area contributed by atoms with Crippen LogP contribution < -0.4 is 5.32 Å². The van der Waals surface area contributed by atoms with Crippen LogP contribution in [0.25, 0.3) is 0 Å². The fourth-order valence-corrected chi connectivity index (χ4v) is 1.79. The first-order chi connectivity index (χ1) is 9.90. The number of aryl methyl sites for hydroxylation is 1. The summed E-state index contributed by atoms with van der Waals surface area (Å²) in [6.45, 7) is 1.52. The number of benzene rings is 1. The Labute approximate surface area is 117 Å². The number of amides is 1. The Bertz CT molecular complexity index is 735. The molecule has 0 fully saturated rings. The minimum atomic E-state index is -1.21. The number of nitrogens with zero attached hydrogens (tertiary/aromatic N) is 2. The molecule has 0 saturated carbocycles. The minimum Gasteiger partial charge on any atom is -0.318 e. The van der Waals surface area contributed by atoms with E-state index in [1.807, 2.05) is 0 Å². The SMILES string of the molecule is Cc1cccc([N+](=O)[O-])c1C(=O)Nc1ccc(F)nc1F. The van der Waals surface area contributed by atoms with Crippen LogP contribution in [-0.2, 0) is 0 Å². The van der Waals surface area contributed by atoms with Gasteiger partial charge in [0.2, 0.25) is 11.9 Å². The number of nitro benzene ring substituents is 1. The normalized spacial score (nSPS) is 10.2. The van der Waals surface area contributed by atoms with Crippen LogP contribution >= 0.6 is 0 Å². The standard InChI is InChI=1S/C13H9F2N3O3/c1-7-3-2-4-9(18(20)21)11(7)13(19)16-8-5-6-10(14)17-12(8)15/h2-6H,1H3,(H,16,19). The maximum Gasteiger partial charge on any atom is 0.282 e. The second-order valence-corrected chi connectivity index (χ2v) is 4.15. The molecule has 1 aromatic heterocycles. The first-order valence-corrected chi connectivity index (χ1v) is 5.77. The van der Waals surface area contributed by atoms with Crippen LogP contribution in [0.3, 0.4) is 0 Å². The highest BCUT2D eigenvalue weighted by Gasteiger charge is 2.23. The number of carbonyl (C=O) groups excluding carboxylic acids is 1. The van der Waals surface area contributed by atoms with Crippen molar-refractivity contribution in [2.75, 3.05) is 5.32 Å². The zero-order valence-corrected chi connectivity index (χ0v) is 10.8. The Morgan fingerprint density at radius 2 is 2.00 bits per heavy atom. The van der Waals surface area contributed by atoms with E-state index >= 15 is 0 Å². The zero-order valence-electron chi connectivity index (χ0n) is 10.8. The van der Waals surface area contributed by atoms with Crippen molar-refractivity contribution in [1.29, 1.82) is 0 Å². The lowest BCUT2D eigenvalue weighted by Gasteiger charge is -2.08. The van der Waals surface area contributed by atoms with Crippen molar-refractivity contribution in [3.63, 3.8) is 0 Å². The van der Waals surface area contributed by atoms with Gasteiger partial charge in [-0.1, -0.05) is 12.1 Å². The van der Waals surface area contributed by atoms with E-state index in [4.69, 9.17) is 0 Å². The Morgan fingerprint density at radius 3 is 2.62 bits per heavy atom. The second-order valence-electron chi connectivity index (χ2n) is 4.15. The maximum absolute atomic E-state index is 13.4. The summed E-state index contributed by atoms with van der Waals surface area (Å²) in [6, 6.07) is 5.97. The summed E-state index contributed by atoms with van der Waals surface area (Å²) < 4.78 is 26.1. The molecule has 0 unspecified atom stereocenters. The van der Waals surface area contributed by atoms with Gasteiger partial charge < -0.3 is 5.32 Å². The first kappa shape index (κ1) is 14.5. The Hall–Kier alpha value is -2.90. The van der Waals surface area contributed by atoms with E-state index in [9.17, 15) is 23.7 Å². The van der Waals surface area contributed by atoms with Crippen molar-refractivity contribution in [2.45, 2.75) is 6.92 Å². The topological polar surface area (TPSA) is 85.1 Å². The third-order valence-corrected chi connectivity index (χ3v) is 2.74. The molecule has 0 aliphatic rings. The van der Waals surface area contributed by atoms with Gasteiger partial charge in [0.15, 0.2) is 0 Å². The second kappa shape index (κ2) is 5.61. The third kappa shape index (κ3) is 2.99. The smallest absolute Gasteiger partial charge is 0.282 e. The average molecular weight is 293 g/mol. The van der Waals surface area contributed by atoms with Crippen molar-refractivity contribution in [1.82, 2.24) is 4.98 Å². The summed E-state index contributed by atoms with van der Waals surface area (Å²) in [5, 5.41) is 13.1. The number of halogens is 2. The van der Waals surface area contributed by atoms with E-state index in [0.717, 1.165) is 12.1 Å². The average Bonchev–Trinajstić information content (AvgIpc) is 2.41. The predicted octanol–water partition coefficient (Wildman–Crippen LogP) is 2.83.